The van der Waals surface area contributed by atoms with Gasteiger partial charge in [0.05, 0.1) is 26.2 Å². The van der Waals surface area contributed by atoms with Gasteiger partial charge in [-0.25, -0.2) is 0 Å². The SMILES string of the molecule is CCn1c(Sc2c(-c3ccccc3)c3cc(Cl)ccc3[nH]c2=O)nnc1-c1cc(OC)c(OC)c(OC)c1. The van der Waals surface area contributed by atoms with E-state index in [1.165, 1.54) is 11.8 Å². The van der Waals surface area contributed by atoms with Crippen LogP contribution < -0.4 is 19.8 Å². The number of benzene rings is 3. The summed E-state index contributed by atoms with van der Waals surface area (Å²) in [6.45, 7) is 2.57. The van der Waals surface area contributed by atoms with Crippen LogP contribution in [0.5, 0.6) is 17.2 Å². The van der Waals surface area contributed by atoms with Crippen LogP contribution in [-0.4, -0.2) is 41.1 Å². The van der Waals surface area contributed by atoms with Gasteiger partial charge in [0.15, 0.2) is 22.5 Å². The number of aromatic amines is 1. The molecule has 0 saturated carbocycles. The Morgan fingerprint density at radius 3 is 2.26 bits per heavy atom. The topological polar surface area (TPSA) is 91.3 Å². The average molecular weight is 549 g/mol. The lowest BCUT2D eigenvalue weighted by Gasteiger charge is -2.15. The standard InChI is InChI=1S/C28H25ClN4O4S/c1-5-33-26(17-13-21(35-2)24(37-4)22(14-17)36-3)31-32-28(33)38-25-23(16-9-7-6-8-10-16)19-15-18(29)11-12-20(19)30-27(25)34/h6-15H,5H2,1-4H3,(H,30,34). The Morgan fingerprint density at radius 1 is 0.921 bits per heavy atom. The highest BCUT2D eigenvalue weighted by atomic mass is 35.5. The zero-order chi connectivity index (χ0) is 26.8. The van der Waals surface area contributed by atoms with Crippen LogP contribution in [0.15, 0.2) is 75.5 Å². The zero-order valence-corrected chi connectivity index (χ0v) is 22.8. The van der Waals surface area contributed by atoms with Gasteiger partial charge in [-0.15, -0.1) is 10.2 Å². The molecule has 5 aromatic rings. The minimum atomic E-state index is -0.219. The summed E-state index contributed by atoms with van der Waals surface area (Å²) in [5.74, 6) is 2.12. The number of methoxy groups -OCH3 is 3. The number of ether oxygens (including phenoxy) is 3. The Bertz CT molecular complexity index is 1660. The van der Waals surface area contributed by atoms with E-state index in [0.29, 0.717) is 50.2 Å². The molecule has 10 heteroatoms. The Hall–Kier alpha value is -3.95. The largest absolute Gasteiger partial charge is 0.493 e. The summed E-state index contributed by atoms with van der Waals surface area (Å²) in [5.41, 5.74) is 2.92. The molecule has 0 spiro atoms. The molecule has 0 saturated heterocycles. The van der Waals surface area contributed by atoms with E-state index in [-0.39, 0.29) is 5.56 Å². The van der Waals surface area contributed by atoms with Gasteiger partial charge in [0.1, 0.15) is 0 Å². The lowest BCUT2D eigenvalue weighted by molar-refractivity contribution is 0.324. The van der Waals surface area contributed by atoms with Crippen molar-refractivity contribution in [3.05, 3.63) is 76.0 Å². The number of halogens is 1. The quantitative estimate of drug-likeness (QED) is 0.243. The lowest BCUT2D eigenvalue weighted by atomic mass is 10.0. The molecule has 0 radical (unpaired) electrons. The molecule has 0 aliphatic rings. The highest BCUT2D eigenvalue weighted by Crippen LogP contribution is 2.42. The van der Waals surface area contributed by atoms with Gasteiger partial charge in [-0.3, -0.25) is 4.79 Å². The van der Waals surface area contributed by atoms with Gasteiger partial charge in [-0.2, -0.15) is 0 Å². The molecule has 3 aromatic carbocycles. The van der Waals surface area contributed by atoms with Crippen LogP contribution in [0.25, 0.3) is 33.4 Å². The number of hydrogen-bond acceptors (Lipinski definition) is 7. The van der Waals surface area contributed by atoms with Gasteiger partial charge >= 0.3 is 0 Å². The molecule has 0 aliphatic carbocycles. The smallest absolute Gasteiger partial charge is 0.263 e. The number of pyridine rings is 1. The number of hydrogen-bond donors (Lipinski definition) is 1. The van der Waals surface area contributed by atoms with Crippen molar-refractivity contribution in [3.63, 3.8) is 0 Å². The highest BCUT2D eigenvalue weighted by molar-refractivity contribution is 7.99. The van der Waals surface area contributed by atoms with Crippen LogP contribution in [0.3, 0.4) is 0 Å². The van der Waals surface area contributed by atoms with Gasteiger partial charge in [-0.1, -0.05) is 41.9 Å². The molecule has 2 aromatic heterocycles. The Labute approximate surface area is 228 Å². The van der Waals surface area contributed by atoms with Crippen molar-refractivity contribution in [2.45, 2.75) is 23.5 Å². The third-order valence-electron chi connectivity index (χ3n) is 6.14. The maximum atomic E-state index is 13.4. The van der Waals surface area contributed by atoms with E-state index in [0.717, 1.165) is 22.1 Å². The summed E-state index contributed by atoms with van der Waals surface area (Å²) in [4.78, 5) is 16.9. The van der Waals surface area contributed by atoms with E-state index < -0.39 is 0 Å². The van der Waals surface area contributed by atoms with E-state index in [1.807, 2.05) is 66.1 Å². The minimum Gasteiger partial charge on any atom is -0.493 e. The number of fused-ring (bicyclic) bond motifs is 1. The van der Waals surface area contributed by atoms with Crippen molar-refractivity contribution in [2.75, 3.05) is 21.3 Å². The maximum Gasteiger partial charge on any atom is 0.263 e. The molecule has 0 bridgehead atoms. The van der Waals surface area contributed by atoms with Crippen LogP contribution in [0, 0.1) is 0 Å². The first-order chi connectivity index (χ1) is 18.5. The van der Waals surface area contributed by atoms with Gasteiger partial charge in [0, 0.05) is 33.6 Å². The predicted octanol–water partition coefficient (Wildman–Crippen LogP) is 6.30. The van der Waals surface area contributed by atoms with E-state index >= 15 is 0 Å². The second kappa shape index (κ2) is 10.8. The van der Waals surface area contributed by atoms with E-state index in [1.54, 1.807) is 27.4 Å². The van der Waals surface area contributed by atoms with Crippen LogP contribution in [0.2, 0.25) is 5.02 Å². The summed E-state index contributed by atoms with van der Waals surface area (Å²) in [6.07, 6.45) is 0. The summed E-state index contributed by atoms with van der Waals surface area (Å²) in [6, 6.07) is 18.9. The van der Waals surface area contributed by atoms with Crippen molar-refractivity contribution in [2.24, 2.45) is 0 Å². The third kappa shape index (κ3) is 4.59. The first kappa shape index (κ1) is 25.7. The maximum absolute atomic E-state index is 13.4. The number of aromatic nitrogens is 4. The van der Waals surface area contributed by atoms with Crippen LogP contribution in [-0.2, 0) is 6.54 Å². The molecule has 0 aliphatic heterocycles. The van der Waals surface area contributed by atoms with Crippen molar-refractivity contribution in [1.29, 1.82) is 0 Å². The van der Waals surface area contributed by atoms with Crippen molar-refractivity contribution in [1.82, 2.24) is 19.7 Å². The molecule has 0 atom stereocenters. The molecule has 8 nitrogen and oxygen atoms in total. The average Bonchev–Trinajstić information content (AvgIpc) is 3.35. The molecule has 194 valence electrons. The fourth-order valence-electron chi connectivity index (χ4n) is 4.40. The van der Waals surface area contributed by atoms with Crippen molar-refractivity contribution in [3.8, 4) is 39.8 Å². The van der Waals surface area contributed by atoms with Gasteiger partial charge in [0.2, 0.25) is 5.75 Å². The van der Waals surface area contributed by atoms with Crippen molar-refractivity contribution >= 4 is 34.3 Å². The molecule has 0 fully saturated rings. The highest BCUT2D eigenvalue weighted by Gasteiger charge is 2.22. The third-order valence-corrected chi connectivity index (χ3v) is 7.46. The molecular formula is C28H25ClN4O4S. The number of rotatable bonds is 8. The monoisotopic (exact) mass is 548 g/mol. The van der Waals surface area contributed by atoms with Crippen LogP contribution in [0.4, 0.5) is 0 Å². The normalized spacial score (nSPS) is 11.1. The summed E-state index contributed by atoms with van der Waals surface area (Å²) in [7, 11) is 4.69. The minimum absolute atomic E-state index is 0.219. The molecule has 0 amide bonds. The van der Waals surface area contributed by atoms with E-state index in [9.17, 15) is 4.79 Å². The zero-order valence-electron chi connectivity index (χ0n) is 21.2. The Balaban J connectivity index is 1.68. The Morgan fingerprint density at radius 2 is 1.63 bits per heavy atom. The first-order valence-corrected chi connectivity index (χ1v) is 13.0. The Kier molecular flexibility index (Phi) is 7.31. The van der Waals surface area contributed by atoms with E-state index in [4.69, 9.17) is 25.8 Å². The van der Waals surface area contributed by atoms with Gasteiger partial charge in [-0.05, 0) is 54.6 Å². The summed E-state index contributed by atoms with van der Waals surface area (Å²) >= 11 is 7.63. The lowest BCUT2D eigenvalue weighted by Crippen LogP contribution is -2.11. The van der Waals surface area contributed by atoms with Crippen LogP contribution in [0.1, 0.15) is 6.92 Å². The molecular weight excluding hydrogens is 524 g/mol. The van der Waals surface area contributed by atoms with Crippen LogP contribution >= 0.6 is 23.4 Å². The van der Waals surface area contributed by atoms with E-state index in [2.05, 4.69) is 15.2 Å². The summed E-state index contributed by atoms with van der Waals surface area (Å²) < 4.78 is 18.5. The molecule has 1 N–H and O–H groups in total. The van der Waals surface area contributed by atoms with Gasteiger partial charge in [0.25, 0.3) is 5.56 Å². The fraction of sp³-hybridized carbons (Fsp3) is 0.179. The molecule has 5 rings (SSSR count). The number of H-pyrrole nitrogens is 1. The first-order valence-electron chi connectivity index (χ1n) is 11.8. The molecule has 0 unspecified atom stereocenters. The number of nitrogens with zero attached hydrogens (tertiary/aromatic N) is 3. The predicted molar refractivity (Wildman–Crippen MR) is 150 cm³/mol. The second-order valence-electron chi connectivity index (χ2n) is 8.28. The molecule has 2 heterocycles. The number of nitrogens with one attached hydrogen (secondary N) is 1. The van der Waals surface area contributed by atoms with Crippen molar-refractivity contribution < 1.29 is 14.2 Å². The fourth-order valence-corrected chi connectivity index (χ4v) is 5.64. The molecule has 38 heavy (non-hydrogen) atoms. The van der Waals surface area contributed by atoms with Gasteiger partial charge < -0.3 is 23.8 Å². The summed E-state index contributed by atoms with van der Waals surface area (Å²) in [5, 5.41) is 10.9. The second-order valence-corrected chi connectivity index (χ2v) is 9.69.